The Labute approximate surface area is 93.3 Å². The number of carbonyl (C=O) groups excluding carboxylic acids is 1. The van der Waals surface area contributed by atoms with Crippen LogP contribution in [-0.2, 0) is 4.79 Å². The van der Waals surface area contributed by atoms with E-state index in [1.807, 2.05) is 13.0 Å². The Morgan fingerprint density at radius 3 is 2.67 bits per heavy atom. The lowest BCUT2D eigenvalue weighted by atomic mass is 9.60. The lowest BCUT2D eigenvalue weighted by Gasteiger charge is -2.43. The fourth-order valence-corrected chi connectivity index (χ4v) is 2.56. The third-order valence-electron chi connectivity index (χ3n) is 3.94. The van der Waals surface area contributed by atoms with E-state index in [4.69, 9.17) is 0 Å². The average Bonchev–Trinajstić information content (AvgIpc) is 2.12. The van der Waals surface area contributed by atoms with Gasteiger partial charge in [0.2, 0.25) is 0 Å². The summed E-state index contributed by atoms with van der Waals surface area (Å²) in [5.74, 6) is 0.818. The number of hydrogen-bond acceptors (Lipinski definition) is 1. The molecule has 0 aromatic carbocycles. The van der Waals surface area contributed by atoms with Gasteiger partial charge < -0.3 is 0 Å². The lowest BCUT2D eigenvalue weighted by molar-refractivity contribution is -0.122. The summed E-state index contributed by atoms with van der Waals surface area (Å²) in [6, 6.07) is 0. The van der Waals surface area contributed by atoms with Crippen molar-refractivity contribution in [3.8, 4) is 0 Å². The molecule has 0 aromatic heterocycles. The van der Waals surface area contributed by atoms with E-state index in [9.17, 15) is 4.79 Å². The molecule has 0 amide bonds. The van der Waals surface area contributed by atoms with Crippen LogP contribution in [0.25, 0.3) is 0 Å². The molecule has 0 saturated heterocycles. The van der Waals surface area contributed by atoms with Gasteiger partial charge in [-0.3, -0.25) is 4.79 Å². The molecule has 0 radical (unpaired) electrons. The second-order valence-electron chi connectivity index (χ2n) is 5.25. The van der Waals surface area contributed by atoms with Crippen LogP contribution in [0.2, 0.25) is 0 Å². The molecule has 15 heavy (non-hydrogen) atoms. The van der Waals surface area contributed by atoms with Gasteiger partial charge in [-0.25, -0.2) is 0 Å². The predicted octanol–water partition coefficient (Wildman–Crippen LogP) is 3.76. The standard InChI is InChI=1S/C14H22O/c1-6-7-12(15)13-10(2)8-9-11(3)14(13,4)5/h6-7,11,13H,2,8-9H2,1,3-5H3/t11-,13+/m0/s1. The minimum atomic E-state index is 0.0115. The summed E-state index contributed by atoms with van der Waals surface area (Å²) in [4.78, 5) is 12.0. The van der Waals surface area contributed by atoms with Gasteiger partial charge in [0.1, 0.15) is 0 Å². The molecule has 84 valence electrons. The van der Waals surface area contributed by atoms with Crippen LogP contribution < -0.4 is 0 Å². The first-order valence-electron chi connectivity index (χ1n) is 5.75. The Morgan fingerprint density at radius 2 is 2.13 bits per heavy atom. The topological polar surface area (TPSA) is 17.1 Å². The highest BCUT2D eigenvalue weighted by Gasteiger charge is 2.42. The normalized spacial score (nSPS) is 30.8. The van der Waals surface area contributed by atoms with Gasteiger partial charge in [0.15, 0.2) is 5.78 Å². The van der Waals surface area contributed by atoms with Crippen LogP contribution in [0.5, 0.6) is 0 Å². The van der Waals surface area contributed by atoms with E-state index in [-0.39, 0.29) is 17.1 Å². The van der Waals surface area contributed by atoms with Crippen LogP contribution >= 0.6 is 0 Å². The lowest BCUT2D eigenvalue weighted by Crippen LogP contribution is -2.40. The molecule has 0 spiro atoms. The molecule has 1 saturated carbocycles. The number of rotatable bonds is 2. The molecule has 0 bridgehead atoms. The summed E-state index contributed by atoms with van der Waals surface area (Å²) in [5, 5.41) is 0. The minimum Gasteiger partial charge on any atom is -0.294 e. The Morgan fingerprint density at radius 1 is 1.53 bits per heavy atom. The van der Waals surface area contributed by atoms with Crippen molar-refractivity contribution in [1.82, 2.24) is 0 Å². The van der Waals surface area contributed by atoms with Crippen LogP contribution in [0, 0.1) is 17.3 Å². The second kappa shape index (κ2) is 4.34. The largest absolute Gasteiger partial charge is 0.294 e. The highest BCUT2D eigenvalue weighted by atomic mass is 16.1. The maximum atomic E-state index is 12.0. The Bertz CT molecular complexity index is 296. The van der Waals surface area contributed by atoms with E-state index < -0.39 is 0 Å². The summed E-state index contributed by atoms with van der Waals surface area (Å²) in [7, 11) is 0. The molecule has 1 aliphatic rings. The first-order chi connectivity index (χ1) is 6.91. The fourth-order valence-electron chi connectivity index (χ4n) is 2.56. The molecule has 0 aliphatic heterocycles. The van der Waals surface area contributed by atoms with Crippen molar-refractivity contribution in [1.29, 1.82) is 0 Å². The molecule has 0 aromatic rings. The Kier molecular flexibility index (Phi) is 3.54. The summed E-state index contributed by atoms with van der Waals surface area (Å²) in [6.45, 7) is 12.6. The zero-order valence-electron chi connectivity index (χ0n) is 10.3. The van der Waals surface area contributed by atoms with Gasteiger partial charge in [-0.05, 0) is 37.2 Å². The number of carbonyl (C=O) groups is 1. The molecule has 1 aliphatic carbocycles. The van der Waals surface area contributed by atoms with Crippen LogP contribution in [0.4, 0.5) is 0 Å². The SMILES string of the molecule is C=C1CC[C@H](C)C(C)(C)[C@H]1C(=O)C=CC. The van der Waals surface area contributed by atoms with Crippen molar-refractivity contribution in [3.63, 3.8) is 0 Å². The average molecular weight is 206 g/mol. The smallest absolute Gasteiger partial charge is 0.162 e. The van der Waals surface area contributed by atoms with Crippen molar-refractivity contribution < 1.29 is 4.79 Å². The number of allylic oxidation sites excluding steroid dienone is 3. The minimum absolute atomic E-state index is 0.0115. The summed E-state index contributed by atoms with van der Waals surface area (Å²) >= 11 is 0. The van der Waals surface area contributed by atoms with Crippen LogP contribution in [0.15, 0.2) is 24.3 Å². The molecule has 0 N–H and O–H groups in total. The predicted molar refractivity (Wildman–Crippen MR) is 64.6 cm³/mol. The van der Waals surface area contributed by atoms with Crippen molar-refractivity contribution in [2.75, 3.05) is 0 Å². The second-order valence-corrected chi connectivity index (χ2v) is 5.25. The molecule has 1 rings (SSSR count). The molecule has 1 heteroatoms. The Hall–Kier alpha value is -0.850. The molecule has 1 fully saturated rings. The first-order valence-corrected chi connectivity index (χ1v) is 5.75. The zero-order valence-corrected chi connectivity index (χ0v) is 10.3. The highest BCUT2D eigenvalue weighted by Crippen LogP contribution is 2.47. The van der Waals surface area contributed by atoms with E-state index in [0.29, 0.717) is 5.92 Å². The van der Waals surface area contributed by atoms with Crippen LogP contribution in [0.3, 0.4) is 0 Å². The van der Waals surface area contributed by atoms with Crippen LogP contribution in [0.1, 0.15) is 40.5 Å². The van der Waals surface area contributed by atoms with E-state index in [1.165, 1.54) is 0 Å². The number of ketones is 1. The van der Waals surface area contributed by atoms with E-state index >= 15 is 0 Å². The third kappa shape index (κ3) is 2.22. The quantitative estimate of drug-likeness (QED) is 0.496. The monoisotopic (exact) mass is 206 g/mol. The summed E-state index contributed by atoms with van der Waals surface area (Å²) in [5.41, 5.74) is 1.16. The van der Waals surface area contributed by atoms with Gasteiger partial charge in [-0.15, -0.1) is 0 Å². The van der Waals surface area contributed by atoms with Gasteiger partial charge in [-0.2, -0.15) is 0 Å². The van der Waals surface area contributed by atoms with E-state index in [2.05, 4.69) is 27.4 Å². The highest BCUT2D eigenvalue weighted by molar-refractivity contribution is 5.94. The molecular weight excluding hydrogens is 184 g/mol. The van der Waals surface area contributed by atoms with Gasteiger partial charge in [0.25, 0.3) is 0 Å². The maximum absolute atomic E-state index is 12.0. The zero-order chi connectivity index (χ0) is 11.6. The third-order valence-corrected chi connectivity index (χ3v) is 3.94. The van der Waals surface area contributed by atoms with Crippen molar-refractivity contribution >= 4 is 5.78 Å². The molecule has 0 unspecified atom stereocenters. The van der Waals surface area contributed by atoms with Gasteiger partial charge >= 0.3 is 0 Å². The van der Waals surface area contributed by atoms with E-state index in [0.717, 1.165) is 18.4 Å². The number of hydrogen-bond donors (Lipinski definition) is 0. The molecule has 2 atom stereocenters. The van der Waals surface area contributed by atoms with Crippen molar-refractivity contribution in [2.45, 2.75) is 40.5 Å². The van der Waals surface area contributed by atoms with Gasteiger partial charge in [0, 0.05) is 5.92 Å². The molecular formula is C14H22O. The van der Waals surface area contributed by atoms with Crippen molar-refractivity contribution in [2.24, 2.45) is 17.3 Å². The fraction of sp³-hybridized carbons (Fsp3) is 0.643. The maximum Gasteiger partial charge on any atom is 0.162 e. The van der Waals surface area contributed by atoms with Gasteiger partial charge in [0.05, 0.1) is 0 Å². The molecule has 0 heterocycles. The Balaban J connectivity index is 3.00. The van der Waals surface area contributed by atoms with Crippen molar-refractivity contribution in [3.05, 3.63) is 24.3 Å². The van der Waals surface area contributed by atoms with Crippen LogP contribution in [-0.4, -0.2) is 5.78 Å². The first kappa shape index (κ1) is 12.2. The summed E-state index contributed by atoms with van der Waals surface area (Å²) in [6.07, 6.45) is 5.67. The molecule has 1 nitrogen and oxygen atoms in total. The summed E-state index contributed by atoms with van der Waals surface area (Å²) < 4.78 is 0. The van der Waals surface area contributed by atoms with E-state index in [1.54, 1.807) is 6.08 Å². The van der Waals surface area contributed by atoms with Gasteiger partial charge in [-0.1, -0.05) is 39.0 Å².